The fourth-order valence-corrected chi connectivity index (χ4v) is 3.28. The van der Waals surface area contributed by atoms with E-state index < -0.39 is 23.4 Å². The number of fused-ring (bicyclic) bond motifs is 1. The van der Waals surface area contributed by atoms with Crippen LogP contribution in [0.25, 0.3) is 0 Å². The minimum absolute atomic E-state index is 0.00577. The summed E-state index contributed by atoms with van der Waals surface area (Å²) in [6, 6.07) is 5.22. The maximum Gasteiger partial charge on any atom is 0.343 e. The molecule has 0 aliphatic carbocycles. The quantitative estimate of drug-likeness (QED) is 0.742. The van der Waals surface area contributed by atoms with E-state index in [1.807, 2.05) is 13.8 Å². The highest BCUT2D eigenvalue weighted by molar-refractivity contribution is 5.94. The number of benzene rings is 1. The van der Waals surface area contributed by atoms with E-state index in [0.717, 1.165) is 0 Å². The van der Waals surface area contributed by atoms with Gasteiger partial charge in [-0.25, -0.2) is 4.79 Å². The van der Waals surface area contributed by atoms with Crippen LogP contribution in [0.2, 0.25) is 0 Å². The first-order chi connectivity index (χ1) is 13.8. The summed E-state index contributed by atoms with van der Waals surface area (Å²) in [5, 5.41) is 0. The van der Waals surface area contributed by atoms with Gasteiger partial charge in [-0.1, -0.05) is 6.07 Å². The molecule has 0 fully saturated rings. The number of aromatic nitrogens is 1. The molecule has 0 spiro atoms. The number of hydrogen-bond donors (Lipinski definition) is 1. The van der Waals surface area contributed by atoms with Crippen LogP contribution in [0.5, 0.6) is 17.2 Å². The zero-order chi connectivity index (χ0) is 21.1. The van der Waals surface area contributed by atoms with E-state index in [1.165, 1.54) is 13.3 Å². The van der Waals surface area contributed by atoms with Crippen molar-refractivity contribution in [2.75, 3.05) is 13.7 Å². The van der Waals surface area contributed by atoms with Gasteiger partial charge < -0.3 is 23.9 Å². The zero-order valence-electron chi connectivity index (χ0n) is 16.7. The molecular formula is C21H23NO7. The van der Waals surface area contributed by atoms with E-state index in [0.29, 0.717) is 17.1 Å². The van der Waals surface area contributed by atoms with Gasteiger partial charge in [0, 0.05) is 12.1 Å². The molecule has 0 bridgehead atoms. The molecule has 8 nitrogen and oxygen atoms in total. The van der Waals surface area contributed by atoms with E-state index in [2.05, 4.69) is 4.98 Å². The predicted molar refractivity (Wildman–Crippen MR) is 104 cm³/mol. The Morgan fingerprint density at radius 1 is 1.28 bits per heavy atom. The molecule has 1 atom stereocenters. The van der Waals surface area contributed by atoms with Crippen LogP contribution in [0.15, 0.2) is 29.2 Å². The summed E-state index contributed by atoms with van der Waals surface area (Å²) in [6.07, 6.45) is 1.11. The number of esters is 2. The zero-order valence-corrected chi connectivity index (χ0v) is 16.7. The summed E-state index contributed by atoms with van der Waals surface area (Å²) >= 11 is 0. The van der Waals surface area contributed by atoms with Crippen LogP contribution in [0.1, 0.15) is 54.6 Å². The van der Waals surface area contributed by atoms with E-state index in [4.69, 9.17) is 18.9 Å². The minimum atomic E-state index is -0.674. The fraction of sp³-hybridized carbons (Fsp3) is 0.381. The number of ether oxygens (including phenoxy) is 4. The summed E-state index contributed by atoms with van der Waals surface area (Å²) < 4.78 is 21.4. The Balaban J connectivity index is 2.12. The first-order valence-corrected chi connectivity index (χ1v) is 9.33. The van der Waals surface area contributed by atoms with Crippen LogP contribution >= 0.6 is 0 Å². The fourth-order valence-electron chi connectivity index (χ4n) is 3.28. The predicted octanol–water partition coefficient (Wildman–Crippen LogP) is 2.79. The average Bonchev–Trinajstić information content (AvgIpc) is 2.67. The monoisotopic (exact) mass is 401 g/mol. The molecule has 1 aromatic heterocycles. The van der Waals surface area contributed by atoms with Gasteiger partial charge >= 0.3 is 11.9 Å². The van der Waals surface area contributed by atoms with Crippen LogP contribution in [0.3, 0.4) is 0 Å². The Hall–Kier alpha value is -3.29. The van der Waals surface area contributed by atoms with Crippen molar-refractivity contribution in [1.82, 2.24) is 4.98 Å². The largest absolute Gasteiger partial charge is 0.493 e. The number of pyridine rings is 1. The van der Waals surface area contributed by atoms with Crippen LogP contribution in [-0.2, 0) is 9.53 Å². The first kappa shape index (κ1) is 20.4. The van der Waals surface area contributed by atoms with Gasteiger partial charge in [0.15, 0.2) is 17.2 Å². The molecule has 154 valence electrons. The van der Waals surface area contributed by atoms with E-state index >= 15 is 0 Å². The number of rotatable bonds is 6. The molecule has 2 heterocycles. The van der Waals surface area contributed by atoms with Gasteiger partial charge in [-0.05, 0) is 38.5 Å². The number of hydrogen-bond acceptors (Lipinski definition) is 7. The van der Waals surface area contributed by atoms with Gasteiger partial charge in [0.1, 0.15) is 5.56 Å². The lowest BCUT2D eigenvalue weighted by atomic mass is 9.86. The number of methoxy groups -OCH3 is 1. The number of carbonyl (C=O) groups is 2. The SMILES string of the molecule is CCOC(=O)c1c[nH]c(=O)c2c1OC(=O)C[C@H]2c1ccc(OC(C)C)c(OC)c1. The van der Waals surface area contributed by atoms with Gasteiger partial charge in [0.25, 0.3) is 5.56 Å². The van der Waals surface area contributed by atoms with Crippen LogP contribution in [-0.4, -0.2) is 36.7 Å². The Bertz CT molecular complexity index is 993. The molecule has 1 aromatic carbocycles. The van der Waals surface area contributed by atoms with Gasteiger partial charge in [0.05, 0.1) is 31.8 Å². The lowest BCUT2D eigenvalue weighted by molar-refractivity contribution is -0.135. The Morgan fingerprint density at radius 3 is 2.69 bits per heavy atom. The molecule has 0 saturated heterocycles. The smallest absolute Gasteiger partial charge is 0.343 e. The van der Waals surface area contributed by atoms with Crippen molar-refractivity contribution in [3.63, 3.8) is 0 Å². The minimum Gasteiger partial charge on any atom is -0.493 e. The number of H-pyrrole nitrogens is 1. The van der Waals surface area contributed by atoms with Gasteiger partial charge in [-0.2, -0.15) is 0 Å². The molecule has 1 aliphatic heterocycles. The molecule has 0 saturated carbocycles. The van der Waals surface area contributed by atoms with Crippen molar-refractivity contribution >= 4 is 11.9 Å². The van der Waals surface area contributed by atoms with Crippen molar-refractivity contribution in [3.8, 4) is 17.2 Å². The summed E-state index contributed by atoms with van der Waals surface area (Å²) in [5.74, 6) is -0.846. The Labute approximate surface area is 167 Å². The molecule has 1 aliphatic rings. The van der Waals surface area contributed by atoms with Crippen molar-refractivity contribution in [3.05, 3.63) is 51.4 Å². The molecule has 3 rings (SSSR count). The van der Waals surface area contributed by atoms with Crippen LogP contribution in [0, 0.1) is 0 Å². The lowest BCUT2D eigenvalue weighted by Gasteiger charge is -2.26. The molecule has 1 N–H and O–H groups in total. The summed E-state index contributed by atoms with van der Waals surface area (Å²) in [7, 11) is 1.51. The summed E-state index contributed by atoms with van der Waals surface area (Å²) in [4.78, 5) is 39.7. The number of nitrogens with one attached hydrogen (secondary N) is 1. The van der Waals surface area contributed by atoms with Crippen LogP contribution in [0.4, 0.5) is 0 Å². The second-order valence-corrected chi connectivity index (χ2v) is 6.80. The Kier molecular flexibility index (Phi) is 5.91. The third kappa shape index (κ3) is 4.11. The molecule has 0 amide bonds. The van der Waals surface area contributed by atoms with Crippen molar-refractivity contribution < 1.29 is 28.5 Å². The third-order valence-corrected chi connectivity index (χ3v) is 4.46. The highest BCUT2D eigenvalue weighted by Gasteiger charge is 2.35. The Morgan fingerprint density at radius 2 is 2.03 bits per heavy atom. The normalized spacial score (nSPS) is 15.5. The topological polar surface area (TPSA) is 104 Å². The van der Waals surface area contributed by atoms with Crippen LogP contribution < -0.4 is 19.8 Å². The van der Waals surface area contributed by atoms with Crippen molar-refractivity contribution in [1.29, 1.82) is 0 Å². The number of carbonyl (C=O) groups excluding carboxylic acids is 2. The van der Waals surface area contributed by atoms with Gasteiger partial charge in [-0.3, -0.25) is 9.59 Å². The second-order valence-electron chi connectivity index (χ2n) is 6.80. The molecular weight excluding hydrogens is 378 g/mol. The second kappa shape index (κ2) is 8.38. The summed E-state index contributed by atoms with van der Waals surface area (Å²) in [6.45, 7) is 5.62. The average molecular weight is 401 g/mol. The van der Waals surface area contributed by atoms with Crippen molar-refractivity contribution in [2.45, 2.75) is 39.2 Å². The third-order valence-electron chi connectivity index (χ3n) is 4.46. The molecule has 29 heavy (non-hydrogen) atoms. The number of aromatic amines is 1. The highest BCUT2D eigenvalue weighted by Crippen LogP contribution is 2.41. The van der Waals surface area contributed by atoms with E-state index in [9.17, 15) is 14.4 Å². The lowest BCUT2D eigenvalue weighted by Crippen LogP contribution is -2.30. The summed E-state index contributed by atoms with van der Waals surface area (Å²) in [5.41, 5.74) is 0.440. The standard InChI is InChI=1S/C21H23NO7/c1-5-27-21(25)14-10-22-20(24)18-13(9-17(23)29-19(14)18)12-6-7-15(28-11(2)3)16(8-12)26-4/h6-8,10-11,13H,5,9H2,1-4H3,(H,22,24)/t13-/m0/s1. The molecule has 8 heteroatoms. The first-order valence-electron chi connectivity index (χ1n) is 9.33. The van der Waals surface area contributed by atoms with E-state index in [1.54, 1.807) is 25.1 Å². The molecule has 2 aromatic rings. The van der Waals surface area contributed by atoms with Gasteiger partial charge in [0.2, 0.25) is 0 Å². The maximum absolute atomic E-state index is 12.6. The van der Waals surface area contributed by atoms with Crippen molar-refractivity contribution in [2.24, 2.45) is 0 Å². The van der Waals surface area contributed by atoms with E-state index in [-0.39, 0.29) is 36.0 Å². The van der Waals surface area contributed by atoms with Gasteiger partial charge in [-0.15, -0.1) is 0 Å². The molecule has 0 unspecified atom stereocenters. The molecule has 0 radical (unpaired) electrons. The highest BCUT2D eigenvalue weighted by atomic mass is 16.6. The maximum atomic E-state index is 12.6.